The number of piperidine rings is 1. The average Bonchev–Trinajstić information content (AvgIpc) is 2.96. The number of esters is 1. The zero-order chi connectivity index (χ0) is 18.7. The third-order valence-corrected chi connectivity index (χ3v) is 5.03. The first-order valence-electron chi connectivity index (χ1n) is 8.96. The SMILES string of the molecule is CCOc1ccc(N2C(=O)C[C@@H](N3CCC(C(=O)OC)CC3)C2=O)cc1. The lowest BCUT2D eigenvalue weighted by molar-refractivity contribution is -0.147. The number of nitrogens with zero attached hydrogens (tertiary/aromatic N) is 2. The first-order valence-corrected chi connectivity index (χ1v) is 8.96. The summed E-state index contributed by atoms with van der Waals surface area (Å²) in [5.74, 6) is -0.00753. The Balaban J connectivity index is 1.66. The molecule has 140 valence electrons. The molecule has 2 aliphatic heterocycles. The summed E-state index contributed by atoms with van der Waals surface area (Å²) in [6, 6.07) is 6.52. The second kappa shape index (κ2) is 7.86. The van der Waals surface area contributed by atoms with E-state index in [4.69, 9.17) is 9.47 Å². The molecule has 2 amide bonds. The molecule has 0 N–H and O–H groups in total. The summed E-state index contributed by atoms with van der Waals surface area (Å²) in [5.41, 5.74) is 0.565. The Hall–Kier alpha value is -2.41. The molecule has 0 unspecified atom stereocenters. The molecule has 2 aliphatic rings. The van der Waals surface area contributed by atoms with Crippen molar-refractivity contribution >= 4 is 23.5 Å². The van der Waals surface area contributed by atoms with Crippen LogP contribution in [0.4, 0.5) is 5.69 Å². The number of imide groups is 1. The largest absolute Gasteiger partial charge is 0.494 e. The van der Waals surface area contributed by atoms with Crippen molar-refractivity contribution in [3.05, 3.63) is 24.3 Å². The molecule has 1 aromatic carbocycles. The highest BCUT2D eigenvalue weighted by atomic mass is 16.5. The Bertz CT molecular complexity index is 680. The Labute approximate surface area is 152 Å². The van der Waals surface area contributed by atoms with E-state index < -0.39 is 6.04 Å². The first-order chi connectivity index (χ1) is 12.5. The highest BCUT2D eigenvalue weighted by Crippen LogP contribution is 2.29. The number of amides is 2. The third kappa shape index (κ3) is 3.58. The van der Waals surface area contributed by atoms with E-state index in [1.807, 2.05) is 11.8 Å². The molecular weight excluding hydrogens is 336 g/mol. The zero-order valence-electron chi connectivity index (χ0n) is 15.1. The minimum atomic E-state index is -0.451. The van der Waals surface area contributed by atoms with Crippen LogP contribution in [0.3, 0.4) is 0 Å². The number of benzene rings is 1. The fourth-order valence-electron chi connectivity index (χ4n) is 3.64. The molecule has 3 rings (SSSR count). The van der Waals surface area contributed by atoms with E-state index in [0.29, 0.717) is 44.0 Å². The highest BCUT2D eigenvalue weighted by molar-refractivity contribution is 6.22. The molecule has 26 heavy (non-hydrogen) atoms. The summed E-state index contributed by atoms with van der Waals surface area (Å²) < 4.78 is 10.2. The van der Waals surface area contributed by atoms with Gasteiger partial charge in [-0.25, -0.2) is 4.90 Å². The predicted molar refractivity (Wildman–Crippen MR) is 94.8 cm³/mol. The van der Waals surface area contributed by atoms with Crippen LogP contribution in [0.2, 0.25) is 0 Å². The number of anilines is 1. The summed E-state index contributed by atoms with van der Waals surface area (Å²) in [4.78, 5) is 40.2. The summed E-state index contributed by atoms with van der Waals surface area (Å²) in [6.07, 6.45) is 1.47. The van der Waals surface area contributed by atoms with Crippen LogP contribution in [0.5, 0.6) is 5.75 Å². The number of methoxy groups -OCH3 is 1. The smallest absolute Gasteiger partial charge is 0.308 e. The van der Waals surface area contributed by atoms with Crippen LogP contribution in [0, 0.1) is 5.92 Å². The molecule has 1 atom stereocenters. The standard InChI is InChI=1S/C19H24N2O5/c1-3-26-15-6-4-14(5-7-15)21-17(22)12-16(18(21)23)20-10-8-13(9-11-20)19(24)25-2/h4-7,13,16H,3,8-12H2,1-2H3/t16-/m1/s1. The number of carbonyl (C=O) groups is 3. The van der Waals surface area contributed by atoms with Gasteiger partial charge in [-0.05, 0) is 57.1 Å². The van der Waals surface area contributed by atoms with Gasteiger partial charge in [0.25, 0.3) is 5.91 Å². The van der Waals surface area contributed by atoms with Gasteiger partial charge in [0.15, 0.2) is 0 Å². The maximum Gasteiger partial charge on any atom is 0.308 e. The van der Waals surface area contributed by atoms with Gasteiger partial charge < -0.3 is 9.47 Å². The molecule has 0 bridgehead atoms. The van der Waals surface area contributed by atoms with Crippen LogP contribution in [-0.2, 0) is 19.1 Å². The lowest BCUT2D eigenvalue weighted by Gasteiger charge is -2.33. The van der Waals surface area contributed by atoms with Crippen LogP contribution < -0.4 is 9.64 Å². The number of ether oxygens (including phenoxy) is 2. The molecule has 1 aromatic rings. The Morgan fingerprint density at radius 2 is 1.81 bits per heavy atom. The fourth-order valence-corrected chi connectivity index (χ4v) is 3.64. The van der Waals surface area contributed by atoms with E-state index in [0.717, 1.165) is 0 Å². The Morgan fingerprint density at radius 1 is 1.15 bits per heavy atom. The second-order valence-electron chi connectivity index (χ2n) is 6.55. The van der Waals surface area contributed by atoms with Gasteiger partial charge >= 0.3 is 5.97 Å². The molecular formula is C19H24N2O5. The van der Waals surface area contributed by atoms with Gasteiger partial charge in [0, 0.05) is 0 Å². The fraction of sp³-hybridized carbons (Fsp3) is 0.526. The van der Waals surface area contributed by atoms with Gasteiger partial charge in [-0.15, -0.1) is 0 Å². The van der Waals surface area contributed by atoms with Crippen molar-refractivity contribution < 1.29 is 23.9 Å². The molecule has 0 aromatic heterocycles. The van der Waals surface area contributed by atoms with Gasteiger partial charge in [-0.2, -0.15) is 0 Å². The molecule has 2 saturated heterocycles. The first kappa shape index (κ1) is 18.4. The Morgan fingerprint density at radius 3 is 2.38 bits per heavy atom. The normalized spacial score (nSPS) is 21.9. The van der Waals surface area contributed by atoms with Gasteiger partial charge in [-0.1, -0.05) is 0 Å². The monoisotopic (exact) mass is 360 g/mol. The number of hydrogen-bond acceptors (Lipinski definition) is 6. The molecule has 0 spiro atoms. The van der Waals surface area contributed by atoms with Gasteiger partial charge in [0.1, 0.15) is 5.75 Å². The molecule has 2 fully saturated rings. The number of rotatable bonds is 5. The Kier molecular flexibility index (Phi) is 5.56. The summed E-state index contributed by atoms with van der Waals surface area (Å²) >= 11 is 0. The minimum Gasteiger partial charge on any atom is -0.494 e. The van der Waals surface area contributed by atoms with E-state index in [9.17, 15) is 14.4 Å². The van der Waals surface area contributed by atoms with Crippen LogP contribution in [0.15, 0.2) is 24.3 Å². The molecule has 0 aliphatic carbocycles. The van der Waals surface area contributed by atoms with Crippen molar-refractivity contribution in [1.82, 2.24) is 4.90 Å². The molecule has 0 radical (unpaired) electrons. The third-order valence-electron chi connectivity index (χ3n) is 5.03. The van der Waals surface area contributed by atoms with Crippen LogP contribution in [0.25, 0.3) is 0 Å². The molecule has 7 heteroatoms. The van der Waals surface area contributed by atoms with Gasteiger partial charge in [0.2, 0.25) is 5.91 Å². The average molecular weight is 360 g/mol. The highest BCUT2D eigenvalue weighted by Gasteiger charge is 2.43. The quantitative estimate of drug-likeness (QED) is 0.586. The van der Waals surface area contributed by atoms with Crippen molar-refractivity contribution in [3.63, 3.8) is 0 Å². The van der Waals surface area contributed by atoms with Crippen molar-refractivity contribution in [2.75, 3.05) is 31.7 Å². The number of likely N-dealkylation sites (tertiary alicyclic amines) is 1. The predicted octanol–water partition coefficient (Wildman–Crippen LogP) is 1.60. The summed E-state index contributed by atoms with van der Waals surface area (Å²) in [6.45, 7) is 3.68. The zero-order valence-corrected chi connectivity index (χ0v) is 15.1. The van der Waals surface area contributed by atoms with E-state index in [1.54, 1.807) is 24.3 Å². The number of carbonyl (C=O) groups excluding carboxylic acids is 3. The van der Waals surface area contributed by atoms with E-state index in [2.05, 4.69) is 0 Å². The molecule has 2 heterocycles. The maximum atomic E-state index is 12.8. The number of hydrogen-bond donors (Lipinski definition) is 0. The minimum absolute atomic E-state index is 0.120. The topological polar surface area (TPSA) is 76.2 Å². The molecule has 0 saturated carbocycles. The van der Waals surface area contributed by atoms with E-state index in [-0.39, 0.29) is 30.1 Å². The van der Waals surface area contributed by atoms with Gasteiger partial charge in [-0.3, -0.25) is 19.3 Å². The van der Waals surface area contributed by atoms with Crippen molar-refractivity contribution in [2.45, 2.75) is 32.2 Å². The molecule has 7 nitrogen and oxygen atoms in total. The maximum absolute atomic E-state index is 12.8. The van der Waals surface area contributed by atoms with Crippen molar-refractivity contribution in [1.29, 1.82) is 0 Å². The summed E-state index contributed by atoms with van der Waals surface area (Å²) in [7, 11) is 1.39. The van der Waals surface area contributed by atoms with Crippen molar-refractivity contribution in [3.8, 4) is 5.75 Å². The lowest BCUT2D eigenvalue weighted by Crippen LogP contribution is -2.46. The lowest BCUT2D eigenvalue weighted by atomic mass is 9.95. The van der Waals surface area contributed by atoms with Crippen molar-refractivity contribution in [2.24, 2.45) is 5.92 Å². The van der Waals surface area contributed by atoms with Gasteiger partial charge in [0.05, 0.1) is 37.8 Å². The van der Waals surface area contributed by atoms with Crippen LogP contribution >= 0.6 is 0 Å². The summed E-state index contributed by atoms with van der Waals surface area (Å²) in [5, 5.41) is 0. The second-order valence-corrected chi connectivity index (χ2v) is 6.55. The van der Waals surface area contributed by atoms with E-state index in [1.165, 1.54) is 12.0 Å². The van der Waals surface area contributed by atoms with E-state index >= 15 is 0 Å². The van der Waals surface area contributed by atoms with Crippen LogP contribution in [-0.4, -0.2) is 55.5 Å². The van der Waals surface area contributed by atoms with Crippen LogP contribution in [0.1, 0.15) is 26.2 Å².